The van der Waals surface area contributed by atoms with E-state index in [-0.39, 0.29) is 12.2 Å². The Morgan fingerprint density at radius 1 is 1.43 bits per heavy atom. The number of rotatable bonds is 4. The van der Waals surface area contributed by atoms with E-state index in [1.165, 1.54) is 0 Å². The molecule has 1 heterocycles. The van der Waals surface area contributed by atoms with Crippen LogP contribution in [-0.4, -0.2) is 31.2 Å². The number of ketones is 1. The van der Waals surface area contributed by atoms with Gasteiger partial charge in [-0.3, -0.25) is 9.78 Å². The van der Waals surface area contributed by atoms with Crippen LogP contribution in [-0.2, 0) is 21.1 Å². The molecule has 0 spiro atoms. The molecule has 0 saturated heterocycles. The van der Waals surface area contributed by atoms with E-state index in [0.29, 0.717) is 5.69 Å². The van der Waals surface area contributed by atoms with Gasteiger partial charge in [-0.1, -0.05) is 6.07 Å². The predicted molar refractivity (Wildman–Crippen MR) is 52.7 cm³/mol. The molecule has 0 unspecified atom stereocenters. The quantitative estimate of drug-likeness (QED) is 0.718. The summed E-state index contributed by atoms with van der Waals surface area (Å²) in [5, 5.41) is 0. The molecule has 14 heavy (non-hydrogen) atoms. The van der Waals surface area contributed by atoms with Crippen molar-refractivity contribution in [2.75, 3.05) is 12.0 Å². The first-order valence-corrected chi connectivity index (χ1v) is 6.13. The van der Waals surface area contributed by atoms with E-state index in [1.807, 2.05) is 0 Å². The lowest BCUT2D eigenvalue weighted by Gasteiger charge is -1.98. The maximum Gasteiger partial charge on any atom is 0.154 e. The molecule has 0 aliphatic carbocycles. The average Bonchev–Trinajstić information content (AvgIpc) is 2.02. The normalized spacial score (nSPS) is 11.2. The lowest BCUT2D eigenvalue weighted by molar-refractivity contribution is -0.116. The van der Waals surface area contributed by atoms with Crippen molar-refractivity contribution >= 4 is 15.6 Å². The van der Waals surface area contributed by atoms with Crippen LogP contribution in [0.2, 0.25) is 0 Å². The van der Waals surface area contributed by atoms with Crippen molar-refractivity contribution < 1.29 is 13.2 Å². The zero-order valence-electron chi connectivity index (χ0n) is 7.80. The highest BCUT2D eigenvalue weighted by molar-refractivity contribution is 7.91. The van der Waals surface area contributed by atoms with Crippen molar-refractivity contribution in [3.8, 4) is 0 Å². The zero-order chi connectivity index (χ0) is 10.6. The molecule has 0 fully saturated rings. The third kappa shape index (κ3) is 4.13. The van der Waals surface area contributed by atoms with E-state index in [1.54, 1.807) is 24.4 Å². The van der Waals surface area contributed by atoms with Crippen LogP contribution in [0.1, 0.15) is 5.69 Å². The van der Waals surface area contributed by atoms with Crippen molar-refractivity contribution in [2.45, 2.75) is 6.42 Å². The van der Waals surface area contributed by atoms with Gasteiger partial charge in [0.2, 0.25) is 0 Å². The summed E-state index contributed by atoms with van der Waals surface area (Å²) in [4.78, 5) is 15.1. The number of hydrogen-bond acceptors (Lipinski definition) is 4. The van der Waals surface area contributed by atoms with Crippen LogP contribution in [0.25, 0.3) is 0 Å². The summed E-state index contributed by atoms with van der Waals surface area (Å²) in [7, 11) is -3.22. The van der Waals surface area contributed by atoms with Crippen LogP contribution in [0.4, 0.5) is 0 Å². The smallest absolute Gasteiger partial charge is 0.154 e. The summed E-state index contributed by atoms with van der Waals surface area (Å²) in [5.41, 5.74) is 0.598. The van der Waals surface area contributed by atoms with Gasteiger partial charge in [-0.25, -0.2) is 8.42 Å². The van der Waals surface area contributed by atoms with Crippen molar-refractivity contribution in [1.82, 2.24) is 4.98 Å². The molecular weight excluding hydrogens is 202 g/mol. The molecule has 76 valence electrons. The van der Waals surface area contributed by atoms with Gasteiger partial charge in [-0.15, -0.1) is 0 Å². The molecule has 0 bridgehead atoms. The number of aromatic nitrogens is 1. The fraction of sp³-hybridized carbons (Fsp3) is 0.333. The first-order valence-electron chi connectivity index (χ1n) is 4.07. The SMILES string of the molecule is CS(=O)(=O)CC(=O)Cc1ccccn1. The van der Waals surface area contributed by atoms with Gasteiger partial charge in [0.25, 0.3) is 0 Å². The summed E-state index contributed by atoms with van der Waals surface area (Å²) in [6, 6.07) is 5.20. The maximum absolute atomic E-state index is 11.2. The van der Waals surface area contributed by atoms with Crippen molar-refractivity contribution in [3.63, 3.8) is 0 Å². The van der Waals surface area contributed by atoms with Gasteiger partial charge < -0.3 is 0 Å². The van der Waals surface area contributed by atoms with Gasteiger partial charge in [0.15, 0.2) is 15.6 Å². The van der Waals surface area contributed by atoms with Crippen LogP contribution in [0.3, 0.4) is 0 Å². The standard InChI is InChI=1S/C9H11NO3S/c1-14(12,13)7-9(11)6-8-4-2-3-5-10-8/h2-5H,6-7H2,1H3. The molecule has 0 atom stereocenters. The molecule has 0 amide bonds. The van der Waals surface area contributed by atoms with Gasteiger partial charge in [-0.05, 0) is 12.1 Å². The second-order valence-electron chi connectivity index (χ2n) is 3.11. The molecule has 1 rings (SSSR count). The van der Waals surface area contributed by atoms with E-state index in [9.17, 15) is 13.2 Å². The topological polar surface area (TPSA) is 64.1 Å². The molecular formula is C9H11NO3S. The van der Waals surface area contributed by atoms with Gasteiger partial charge in [-0.2, -0.15) is 0 Å². The lowest BCUT2D eigenvalue weighted by atomic mass is 10.2. The van der Waals surface area contributed by atoms with Crippen LogP contribution >= 0.6 is 0 Å². The maximum atomic E-state index is 11.2. The predicted octanol–water partition coefficient (Wildman–Crippen LogP) is 0.238. The number of hydrogen-bond donors (Lipinski definition) is 0. The number of pyridine rings is 1. The molecule has 0 N–H and O–H groups in total. The summed E-state index contributed by atoms with van der Waals surface area (Å²) >= 11 is 0. The Labute approximate surface area is 82.9 Å². The molecule has 1 aromatic rings. The monoisotopic (exact) mass is 213 g/mol. The number of Topliss-reactive ketones (excluding diaryl/α,β-unsaturated/α-hetero) is 1. The average molecular weight is 213 g/mol. The Bertz CT molecular complexity index is 411. The van der Waals surface area contributed by atoms with Crippen LogP contribution in [0.15, 0.2) is 24.4 Å². The summed E-state index contributed by atoms with van der Waals surface area (Å²) in [6.07, 6.45) is 2.69. The molecule has 4 nitrogen and oxygen atoms in total. The molecule has 5 heteroatoms. The Morgan fingerprint density at radius 2 is 2.14 bits per heavy atom. The second-order valence-corrected chi connectivity index (χ2v) is 5.25. The number of carbonyl (C=O) groups is 1. The molecule has 0 aliphatic rings. The highest BCUT2D eigenvalue weighted by Gasteiger charge is 2.11. The fourth-order valence-electron chi connectivity index (χ4n) is 1.05. The molecule has 0 saturated carbocycles. The number of carbonyl (C=O) groups excluding carboxylic acids is 1. The van der Waals surface area contributed by atoms with Gasteiger partial charge >= 0.3 is 0 Å². The van der Waals surface area contributed by atoms with Crippen LogP contribution in [0.5, 0.6) is 0 Å². The van der Waals surface area contributed by atoms with Crippen LogP contribution < -0.4 is 0 Å². The zero-order valence-corrected chi connectivity index (χ0v) is 8.62. The molecule has 0 aromatic carbocycles. The van der Waals surface area contributed by atoms with Crippen molar-refractivity contribution in [1.29, 1.82) is 0 Å². The largest absolute Gasteiger partial charge is 0.298 e. The lowest BCUT2D eigenvalue weighted by Crippen LogP contribution is -2.16. The van der Waals surface area contributed by atoms with Gasteiger partial charge in [0.05, 0.1) is 0 Å². The van der Waals surface area contributed by atoms with E-state index in [4.69, 9.17) is 0 Å². The third-order valence-electron chi connectivity index (χ3n) is 1.53. The Morgan fingerprint density at radius 3 is 2.64 bits per heavy atom. The van der Waals surface area contributed by atoms with E-state index in [2.05, 4.69) is 4.98 Å². The molecule has 1 aromatic heterocycles. The second kappa shape index (κ2) is 4.32. The summed E-state index contributed by atoms with van der Waals surface area (Å²) < 4.78 is 21.6. The van der Waals surface area contributed by atoms with Gasteiger partial charge in [0, 0.05) is 24.6 Å². The minimum absolute atomic E-state index is 0.0773. The minimum atomic E-state index is -3.22. The first-order chi connectivity index (χ1) is 6.47. The molecule has 0 aliphatic heterocycles. The van der Waals surface area contributed by atoms with E-state index >= 15 is 0 Å². The summed E-state index contributed by atoms with van der Waals surface area (Å²) in [6.45, 7) is 0. The van der Waals surface area contributed by atoms with E-state index < -0.39 is 15.6 Å². The van der Waals surface area contributed by atoms with Crippen LogP contribution in [0, 0.1) is 0 Å². The Balaban J connectivity index is 2.59. The highest BCUT2D eigenvalue weighted by Crippen LogP contribution is 1.97. The highest BCUT2D eigenvalue weighted by atomic mass is 32.2. The fourth-order valence-corrected chi connectivity index (χ4v) is 1.74. The molecule has 0 radical (unpaired) electrons. The van der Waals surface area contributed by atoms with E-state index in [0.717, 1.165) is 6.26 Å². The minimum Gasteiger partial charge on any atom is -0.298 e. The Kier molecular flexibility index (Phi) is 3.35. The number of sulfone groups is 1. The summed E-state index contributed by atoms with van der Waals surface area (Å²) in [5.74, 6) is -0.741. The first kappa shape index (κ1) is 10.8. The third-order valence-corrected chi connectivity index (χ3v) is 2.37. The Hall–Kier alpha value is -1.23. The number of nitrogens with zero attached hydrogens (tertiary/aromatic N) is 1. The van der Waals surface area contributed by atoms with Crippen molar-refractivity contribution in [3.05, 3.63) is 30.1 Å². The van der Waals surface area contributed by atoms with Crippen molar-refractivity contribution in [2.24, 2.45) is 0 Å². The van der Waals surface area contributed by atoms with Gasteiger partial charge in [0.1, 0.15) is 5.75 Å².